The number of hydrogen-bond acceptors (Lipinski definition) is 5. The molecule has 23 heavy (non-hydrogen) atoms. The van der Waals surface area contributed by atoms with Gasteiger partial charge in [-0.05, 0) is 12.1 Å². The molecule has 118 valence electrons. The minimum absolute atomic E-state index is 0.0118. The largest absolute Gasteiger partial charge is 0.309 e. The van der Waals surface area contributed by atoms with Crippen LogP contribution in [0.5, 0.6) is 0 Å². The molecule has 0 aliphatic carbocycles. The first-order valence-electron chi connectivity index (χ1n) is 7.17. The Bertz CT molecular complexity index is 804. The molecule has 1 aliphatic rings. The standard InChI is InChI=1S/C16H15N3O3S/c1-11(20)23-14-8-15(21)18(10-14)13-7-16(22)19(17-9-13)12-5-3-2-4-6-12/h2-7,9,14H,8,10H2,1H3. The van der Waals surface area contributed by atoms with Crippen molar-refractivity contribution in [3.63, 3.8) is 0 Å². The Morgan fingerprint density at radius 1 is 1.22 bits per heavy atom. The van der Waals surface area contributed by atoms with Gasteiger partial charge in [-0.2, -0.15) is 9.78 Å². The van der Waals surface area contributed by atoms with Crippen molar-refractivity contribution in [2.24, 2.45) is 0 Å². The van der Waals surface area contributed by atoms with Gasteiger partial charge in [0.25, 0.3) is 5.56 Å². The van der Waals surface area contributed by atoms with E-state index in [-0.39, 0.29) is 21.8 Å². The number of carbonyl (C=O) groups excluding carboxylic acids is 2. The van der Waals surface area contributed by atoms with Crippen molar-refractivity contribution >= 4 is 28.5 Å². The first kappa shape index (κ1) is 15.5. The quantitative estimate of drug-likeness (QED) is 0.855. The topological polar surface area (TPSA) is 72.3 Å². The van der Waals surface area contributed by atoms with Crippen LogP contribution in [-0.4, -0.2) is 32.6 Å². The minimum atomic E-state index is -0.302. The third-order valence-corrected chi connectivity index (χ3v) is 4.50. The molecule has 1 aliphatic heterocycles. The van der Waals surface area contributed by atoms with Crippen molar-refractivity contribution in [1.82, 2.24) is 9.78 Å². The van der Waals surface area contributed by atoms with Crippen molar-refractivity contribution in [2.45, 2.75) is 18.6 Å². The predicted molar refractivity (Wildman–Crippen MR) is 88.9 cm³/mol. The zero-order valence-corrected chi connectivity index (χ0v) is 13.3. The van der Waals surface area contributed by atoms with Gasteiger partial charge in [-0.1, -0.05) is 30.0 Å². The van der Waals surface area contributed by atoms with Crippen molar-refractivity contribution in [1.29, 1.82) is 0 Å². The van der Waals surface area contributed by atoms with E-state index in [1.165, 1.54) is 28.8 Å². The maximum absolute atomic E-state index is 12.3. The van der Waals surface area contributed by atoms with Crippen LogP contribution in [0.4, 0.5) is 5.69 Å². The normalized spacial score (nSPS) is 17.5. The summed E-state index contributed by atoms with van der Waals surface area (Å²) in [6, 6.07) is 10.5. The molecule has 0 bridgehead atoms. The predicted octanol–water partition coefficient (Wildman–Crippen LogP) is 1.62. The molecule has 1 atom stereocenters. The van der Waals surface area contributed by atoms with Gasteiger partial charge in [-0.15, -0.1) is 0 Å². The molecule has 1 aromatic carbocycles. The van der Waals surface area contributed by atoms with E-state index in [0.29, 0.717) is 24.3 Å². The molecule has 1 aromatic heterocycles. The Balaban J connectivity index is 1.85. The summed E-state index contributed by atoms with van der Waals surface area (Å²) in [7, 11) is 0. The van der Waals surface area contributed by atoms with Crippen LogP contribution >= 0.6 is 11.8 Å². The molecule has 1 fully saturated rings. The Hall–Kier alpha value is -2.41. The lowest BCUT2D eigenvalue weighted by atomic mass is 10.3. The number of aromatic nitrogens is 2. The summed E-state index contributed by atoms with van der Waals surface area (Å²) in [5.74, 6) is -0.0950. The molecule has 0 radical (unpaired) electrons. The Labute approximate surface area is 137 Å². The number of para-hydroxylation sites is 1. The number of benzene rings is 1. The van der Waals surface area contributed by atoms with Crippen LogP contribution in [0.3, 0.4) is 0 Å². The van der Waals surface area contributed by atoms with Crippen molar-refractivity contribution in [2.75, 3.05) is 11.4 Å². The highest BCUT2D eigenvalue weighted by molar-refractivity contribution is 8.14. The van der Waals surface area contributed by atoms with Crippen LogP contribution in [0.25, 0.3) is 5.69 Å². The molecule has 3 rings (SSSR count). The van der Waals surface area contributed by atoms with Gasteiger partial charge in [0, 0.05) is 31.2 Å². The molecule has 0 spiro atoms. The molecule has 1 unspecified atom stereocenters. The lowest BCUT2D eigenvalue weighted by molar-refractivity contribution is -0.117. The van der Waals surface area contributed by atoms with Crippen molar-refractivity contribution in [3.8, 4) is 5.69 Å². The second kappa shape index (κ2) is 6.37. The third kappa shape index (κ3) is 3.34. The van der Waals surface area contributed by atoms with Crippen LogP contribution in [0.2, 0.25) is 0 Å². The molecule has 0 saturated carbocycles. The monoisotopic (exact) mass is 329 g/mol. The Morgan fingerprint density at radius 2 is 1.96 bits per heavy atom. The first-order chi connectivity index (χ1) is 11.0. The van der Waals surface area contributed by atoms with E-state index in [4.69, 9.17) is 0 Å². The third-order valence-electron chi connectivity index (χ3n) is 3.52. The number of carbonyl (C=O) groups is 2. The highest BCUT2D eigenvalue weighted by atomic mass is 32.2. The highest BCUT2D eigenvalue weighted by Crippen LogP contribution is 2.27. The van der Waals surface area contributed by atoms with E-state index in [0.717, 1.165) is 11.8 Å². The molecule has 7 heteroatoms. The van der Waals surface area contributed by atoms with E-state index < -0.39 is 0 Å². The lowest BCUT2D eigenvalue weighted by Crippen LogP contribution is -2.28. The van der Waals surface area contributed by atoms with Crippen LogP contribution in [0.15, 0.2) is 47.4 Å². The fraction of sp³-hybridized carbons (Fsp3) is 0.250. The second-order valence-electron chi connectivity index (χ2n) is 5.24. The van der Waals surface area contributed by atoms with E-state index in [1.807, 2.05) is 18.2 Å². The summed E-state index contributed by atoms with van der Waals surface area (Å²) >= 11 is 1.16. The van der Waals surface area contributed by atoms with Crippen LogP contribution in [0, 0.1) is 0 Å². The molecule has 0 N–H and O–H groups in total. The van der Waals surface area contributed by atoms with E-state index >= 15 is 0 Å². The van der Waals surface area contributed by atoms with Gasteiger partial charge in [0.05, 0.1) is 17.6 Å². The molecular formula is C16H15N3O3S. The zero-order chi connectivity index (χ0) is 16.4. The molecule has 1 saturated heterocycles. The highest BCUT2D eigenvalue weighted by Gasteiger charge is 2.32. The van der Waals surface area contributed by atoms with Crippen LogP contribution in [0.1, 0.15) is 13.3 Å². The zero-order valence-electron chi connectivity index (χ0n) is 12.5. The average molecular weight is 329 g/mol. The van der Waals surface area contributed by atoms with Gasteiger partial charge in [0.2, 0.25) is 5.91 Å². The van der Waals surface area contributed by atoms with Crippen molar-refractivity contribution < 1.29 is 9.59 Å². The molecule has 2 heterocycles. The fourth-order valence-corrected chi connectivity index (χ4v) is 3.47. The molecule has 6 nitrogen and oxygen atoms in total. The van der Waals surface area contributed by atoms with Gasteiger partial charge in [0.15, 0.2) is 5.12 Å². The summed E-state index contributed by atoms with van der Waals surface area (Å²) in [5.41, 5.74) is 0.838. The van der Waals surface area contributed by atoms with Gasteiger partial charge >= 0.3 is 0 Å². The molecule has 2 aromatic rings. The second-order valence-corrected chi connectivity index (χ2v) is 6.72. The maximum atomic E-state index is 12.3. The van der Waals surface area contributed by atoms with Crippen LogP contribution < -0.4 is 10.5 Å². The van der Waals surface area contributed by atoms with Gasteiger partial charge in [-0.3, -0.25) is 14.4 Å². The summed E-state index contributed by atoms with van der Waals surface area (Å²) in [6.07, 6.45) is 1.80. The number of thioether (sulfide) groups is 1. The fourth-order valence-electron chi connectivity index (χ4n) is 2.55. The first-order valence-corrected chi connectivity index (χ1v) is 8.05. The summed E-state index contributed by atoms with van der Waals surface area (Å²) in [5, 5.41) is 4.07. The van der Waals surface area contributed by atoms with Gasteiger partial charge < -0.3 is 4.90 Å². The molecule has 1 amide bonds. The number of anilines is 1. The van der Waals surface area contributed by atoms with Gasteiger partial charge in [-0.25, -0.2) is 0 Å². The minimum Gasteiger partial charge on any atom is -0.309 e. The Morgan fingerprint density at radius 3 is 2.61 bits per heavy atom. The summed E-state index contributed by atoms with van der Waals surface area (Å²) < 4.78 is 1.28. The SMILES string of the molecule is CC(=O)SC1CC(=O)N(c2cnn(-c3ccccc3)c(=O)c2)C1. The maximum Gasteiger partial charge on any atom is 0.273 e. The number of rotatable bonds is 3. The number of nitrogens with zero attached hydrogens (tertiary/aromatic N) is 3. The smallest absolute Gasteiger partial charge is 0.273 e. The van der Waals surface area contributed by atoms with Crippen LogP contribution in [-0.2, 0) is 9.59 Å². The van der Waals surface area contributed by atoms with Gasteiger partial charge in [0.1, 0.15) is 0 Å². The average Bonchev–Trinajstić information content (AvgIpc) is 2.87. The number of amides is 1. The molecular weight excluding hydrogens is 314 g/mol. The summed E-state index contributed by atoms with van der Waals surface area (Å²) in [6.45, 7) is 1.90. The van der Waals surface area contributed by atoms with E-state index in [2.05, 4.69) is 5.10 Å². The van der Waals surface area contributed by atoms with E-state index in [9.17, 15) is 14.4 Å². The Kier molecular flexibility index (Phi) is 4.29. The summed E-state index contributed by atoms with van der Waals surface area (Å²) in [4.78, 5) is 37.1. The van der Waals surface area contributed by atoms with E-state index in [1.54, 1.807) is 12.1 Å². The lowest BCUT2D eigenvalue weighted by Gasteiger charge is -2.16. The van der Waals surface area contributed by atoms with Crippen molar-refractivity contribution in [3.05, 3.63) is 52.9 Å². The number of hydrogen-bond donors (Lipinski definition) is 0.